The van der Waals surface area contributed by atoms with Crippen molar-refractivity contribution in [3.8, 4) is 22.3 Å². The molecule has 2 nitrogen and oxygen atoms in total. The van der Waals surface area contributed by atoms with E-state index in [2.05, 4.69) is 0 Å². The SMILES string of the molecule is [2H]c1c([2H])c(N(c2ccccc2-c2ccc3oc4c5ccccc5ccc4c3c2)c2c([2H])c([2H])c([2H])c3c([2H])c([2H])c([2H])c([2H])c23)c([2H])c([2H])c1-c1cccc2ccccc12. The zero-order chi connectivity index (χ0) is 42.6. The van der Waals surface area contributed by atoms with E-state index < -0.39 is 54.4 Å². The van der Waals surface area contributed by atoms with Crippen LogP contribution < -0.4 is 4.90 Å². The van der Waals surface area contributed by atoms with Crippen LogP contribution in [-0.2, 0) is 0 Å². The first-order valence-electron chi connectivity index (χ1n) is 21.7. The highest BCUT2D eigenvalue weighted by molar-refractivity contribution is 6.16. The summed E-state index contributed by atoms with van der Waals surface area (Å²) in [5.41, 5.74) is 2.66. The van der Waals surface area contributed by atoms with E-state index in [0.29, 0.717) is 27.9 Å². The fraction of sp³-hybridized carbons (Fsp3) is 0. The molecule has 0 saturated carbocycles. The molecule has 10 aromatic rings. The second-order valence-corrected chi connectivity index (χ2v) is 12.1. The number of furan rings is 1. The minimum Gasteiger partial charge on any atom is -0.455 e. The van der Waals surface area contributed by atoms with Crippen LogP contribution >= 0.6 is 0 Å². The number of para-hydroxylation sites is 1. The molecule has 0 radical (unpaired) electrons. The lowest BCUT2D eigenvalue weighted by Crippen LogP contribution is -2.11. The second-order valence-electron chi connectivity index (χ2n) is 12.1. The molecule has 0 fully saturated rings. The third-order valence-electron chi connectivity index (χ3n) is 9.23. The van der Waals surface area contributed by atoms with Crippen molar-refractivity contribution in [1.29, 1.82) is 0 Å². The number of hydrogen-bond donors (Lipinski definition) is 0. The van der Waals surface area contributed by atoms with Crippen molar-refractivity contribution in [2.75, 3.05) is 4.90 Å². The molecule has 2 heteroatoms. The highest BCUT2D eigenvalue weighted by atomic mass is 16.3. The molecule has 1 aromatic heterocycles. The van der Waals surface area contributed by atoms with Gasteiger partial charge in [-0.2, -0.15) is 0 Å². The van der Waals surface area contributed by atoms with Crippen LogP contribution in [0.4, 0.5) is 17.1 Å². The zero-order valence-corrected chi connectivity index (χ0v) is 26.4. The highest BCUT2D eigenvalue weighted by Crippen LogP contribution is 2.45. The first-order valence-corrected chi connectivity index (χ1v) is 16.2. The van der Waals surface area contributed by atoms with E-state index in [1.54, 1.807) is 36.4 Å². The molecule has 0 aliphatic carbocycles. The first-order chi connectivity index (χ1) is 29.4. The van der Waals surface area contributed by atoms with Crippen molar-refractivity contribution >= 4 is 71.3 Å². The fourth-order valence-corrected chi connectivity index (χ4v) is 6.90. The predicted molar refractivity (Wildman–Crippen MR) is 212 cm³/mol. The molecule has 0 atom stereocenters. The Labute approximate surface area is 305 Å². The molecule has 1 heterocycles. The Bertz CT molecular complexity index is 3480. The number of nitrogens with zero attached hydrogens (tertiary/aromatic N) is 1. The monoisotopic (exact) mass is 648 g/mol. The third-order valence-corrected chi connectivity index (χ3v) is 9.23. The Morgan fingerprint density at radius 1 is 0.420 bits per heavy atom. The smallest absolute Gasteiger partial charge is 0.143 e. The summed E-state index contributed by atoms with van der Waals surface area (Å²) >= 11 is 0. The van der Waals surface area contributed by atoms with Crippen LogP contribution in [0, 0.1) is 0 Å². The van der Waals surface area contributed by atoms with Gasteiger partial charge in [-0.3, -0.25) is 0 Å². The molecule has 50 heavy (non-hydrogen) atoms. The molecule has 0 saturated heterocycles. The van der Waals surface area contributed by atoms with Gasteiger partial charge in [-0.05, 0) is 80.6 Å². The Morgan fingerprint density at radius 2 is 1.14 bits per heavy atom. The van der Waals surface area contributed by atoms with Crippen LogP contribution in [0.5, 0.6) is 0 Å². The first kappa shape index (κ1) is 19.4. The van der Waals surface area contributed by atoms with Crippen LogP contribution in [0.15, 0.2) is 192 Å². The third kappa shape index (κ3) is 4.57. The van der Waals surface area contributed by atoms with Gasteiger partial charge in [-0.15, -0.1) is 0 Å². The summed E-state index contributed by atoms with van der Waals surface area (Å²) in [6, 6.07) is 31.4. The normalized spacial score (nSPS) is 14.7. The van der Waals surface area contributed by atoms with Crippen LogP contribution in [0.2, 0.25) is 0 Å². The van der Waals surface area contributed by atoms with Crippen molar-refractivity contribution in [2.24, 2.45) is 0 Å². The average Bonchev–Trinajstić information content (AvgIpc) is 3.66. The van der Waals surface area contributed by atoms with Crippen LogP contribution in [0.1, 0.15) is 15.1 Å². The predicted octanol–water partition coefficient (Wildman–Crippen LogP) is 13.8. The van der Waals surface area contributed by atoms with Gasteiger partial charge in [0.1, 0.15) is 11.2 Å². The van der Waals surface area contributed by atoms with E-state index in [9.17, 15) is 6.85 Å². The largest absolute Gasteiger partial charge is 0.455 e. The molecule has 0 unspecified atom stereocenters. The van der Waals surface area contributed by atoms with Crippen molar-refractivity contribution in [1.82, 2.24) is 0 Å². The summed E-state index contributed by atoms with van der Waals surface area (Å²) in [7, 11) is 0. The Balaban J connectivity index is 1.32. The topological polar surface area (TPSA) is 16.4 Å². The van der Waals surface area contributed by atoms with Crippen LogP contribution in [-0.4, -0.2) is 0 Å². The van der Waals surface area contributed by atoms with E-state index in [1.807, 2.05) is 84.9 Å². The molecule has 234 valence electrons. The van der Waals surface area contributed by atoms with Crippen LogP contribution in [0.25, 0.3) is 76.5 Å². The van der Waals surface area contributed by atoms with E-state index in [4.69, 9.17) is 12.6 Å². The zero-order valence-electron chi connectivity index (χ0n) is 37.4. The van der Waals surface area contributed by atoms with Gasteiger partial charge < -0.3 is 9.32 Å². The molecule has 0 amide bonds. The van der Waals surface area contributed by atoms with Gasteiger partial charge in [0, 0.05) is 32.8 Å². The second kappa shape index (κ2) is 11.5. The minimum atomic E-state index is -0.642. The van der Waals surface area contributed by atoms with E-state index >= 15 is 0 Å². The lowest BCUT2D eigenvalue weighted by molar-refractivity contribution is 0.672. The van der Waals surface area contributed by atoms with Gasteiger partial charge >= 0.3 is 0 Å². The number of rotatable bonds is 5. The number of anilines is 3. The summed E-state index contributed by atoms with van der Waals surface area (Å²) in [6.45, 7) is 0. The maximum Gasteiger partial charge on any atom is 0.143 e. The van der Waals surface area contributed by atoms with Gasteiger partial charge in [-0.1, -0.05) is 145 Å². The summed E-state index contributed by atoms with van der Waals surface area (Å²) in [5, 5.41) is 4.61. The summed E-state index contributed by atoms with van der Waals surface area (Å²) in [5.74, 6) is 0. The van der Waals surface area contributed by atoms with Crippen molar-refractivity contribution in [2.45, 2.75) is 0 Å². The fourth-order valence-electron chi connectivity index (χ4n) is 6.90. The summed E-state index contributed by atoms with van der Waals surface area (Å²) in [6.07, 6.45) is 0. The molecule has 0 bridgehead atoms. The van der Waals surface area contributed by atoms with E-state index in [0.717, 1.165) is 32.3 Å². The molecule has 0 spiro atoms. The lowest BCUT2D eigenvalue weighted by atomic mass is 9.97. The molecule has 0 aliphatic heterocycles. The number of hydrogen-bond acceptors (Lipinski definition) is 2. The Morgan fingerprint density at radius 3 is 2.04 bits per heavy atom. The average molecular weight is 649 g/mol. The standard InChI is InChI=1S/C48H31NO/c1-4-16-38-32(11-1)14-9-20-39(38)35-23-27-37(28-24-35)49(46-22-10-15-33-12-2-5-17-40(33)46)45-21-8-7-18-41(45)36-26-30-47-44(31-36)43-29-25-34-13-3-6-19-42(34)48(43)50-47/h1-31H/i2D,5D,10D,12D,15D,17D,22D,23D,24D,27D,28D. The Kier molecular flexibility index (Phi) is 4.46. The van der Waals surface area contributed by atoms with Gasteiger partial charge in [0.2, 0.25) is 0 Å². The minimum absolute atomic E-state index is 0.0501. The van der Waals surface area contributed by atoms with Gasteiger partial charge in [0.25, 0.3) is 0 Å². The molecule has 0 aliphatic rings. The lowest BCUT2D eigenvalue weighted by Gasteiger charge is -2.29. The van der Waals surface area contributed by atoms with Crippen molar-refractivity contribution in [3.05, 3.63) is 188 Å². The van der Waals surface area contributed by atoms with Gasteiger partial charge in [0.05, 0.1) is 26.5 Å². The van der Waals surface area contributed by atoms with E-state index in [1.165, 1.54) is 4.90 Å². The van der Waals surface area contributed by atoms with E-state index in [-0.39, 0.29) is 45.5 Å². The van der Waals surface area contributed by atoms with Gasteiger partial charge in [-0.25, -0.2) is 0 Å². The molecule has 0 N–H and O–H groups in total. The summed E-state index contributed by atoms with van der Waals surface area (Å²) < 4.78 is 107. The molecule has 9 aromatic carbocycles. The maximum absolute atomic E-state index is 9.68. The van der Waals surface area contributed by atoms with Crippen LogP contribution in [0.3, 0.4) is 0 Å². The van der Waals surface area contributed by atoms with Gasteiger partial charge in [0.15, 0.2) is 0 Å². The maximum atomic E-state index is 9.68. The quantitative estimate of drug-likeness (QED) is 0.185. The summed E-state index contributed by atoms with van der Waals surface area (Å²) in [4.78, 5) is 1.30. The molecular formula is C48H31NO. The van der Waals surface area contributed by atoms with Crippen molar-refractivity contribution < 1.29 is 19.5 Å². The number of fused-ring (bicyclic) bond motifs is 7. The molecule has 10 rings (SSSR count). The highest BCUT2D eigenvalue weighted by Gasteiger charge is 2.20. The Hall–Kier alpha value is -6.64. The van der Waals surface area contributed by atoms with Crippen molar-refractivity contribution in [3.63, 3.8) is 0 Å². The molecular weight excluding hydrogens is 607 g/mol. The number of benzene rings is 9.